The molecule has 1 unspecified atom stereocenters. The molecule has 1 aliphatic heterocycles. The van der Waals surface area contributed by atoms with Gasteiger partial charge in [-0.25, -0.2) is 4.98 Å². The van der Waals surface area contributed by atoms with Gasteiger partial charge in [0.05, 0.1) is 6.04 Å². The SMILES string of the molecule is CCCCC1Nc2ccccc2-c2ccnc(Cl)c21. The van der Waals surface area contributed by atoms with E-state index in [1.165, 1.54) is 29.7 Å². The lowest BCUT2D eigenvalue weighted by molar-refractivity contribution is 0.631. The van der Waals surface area contributed by atoms with E-state index in [0.29, 0.717) is 5.15 Å². The van der Waals surface area contributed by atoms with Crippen molar-refractivity contribution in [3.05, 3.63) is 47.2 Å². The largest absolute Gasteiger partial charge is 0.378 e. The van der Waals surface area contributed by atoms with Crippen LogP contribution in [0.2, 0.25) is 5.15 Å². The van der Waals surface area contributed by atoms with E-state index < -0.39 is 0 Å². The molecule has 0 bridgehead atoms. The topological polar surface area (TPSA) is 24.9 Å². The molecule has 0 fully saturated rings. The Morgan fingerprint density at radius 2 is 2.05 bits per heavy atom. The number of benzene rings is 1. The molecule has 0 spiro atoms. The van der Waals surface area contributed by atoms with Gasteiger partial charge in [0.1, 0.15) is 5.15 Å². The Hall–Kier alpha value is -1.54. The molecule has 98 valence electrons. The third kappa shape index (κ3) is 2.21. The lowest BCUT2D eigenvalue weighted by Gasteiger charge is -2.30. The van der Waals surface area contributed by atoms with Gasteiger partial charge >= 0.3 is 0 Å². The van der Waals surface area contributed by atoms with E-state index >= 15 is 0 Å². The van der Waals surface area contributed by atoms with Gasteiger partial charge in [-0.1, -0.05) is 49.6 Å². The third-order valence-electron chi connectivity index (χ3n) is 3.68. The van der Waals surface area contributed by atoms with Gasteiger partial charge in [0.15, 0.2) is 0 Å². The van der Waals surface area contributed by atoms with Gasteiger partial charge in [-0.05, 0) is 24.1 Å². The van der Waals surface area contributed by atoms with Crippen LogP contribution in [0.5, 0.6) is 0 Å². The van der Waals surface area contributed by atoms with E-state index in [2.05, 4.69) is 47.6 Å². The van der Waals surface area contributed by atoms with Crippen LogP contribution in [0.1, 0.15) is 37.8 Å². The number of hydrogen-bond donors (Lipinski definition) is 1. The van der Waals surface area contributed by atoms with Crippen LogP contribution in [0.4, 0.5) is 5.69 Å². The van der Waals surface area contributed by atoms with Crippen molar-refractivity contribution in [2.45, 2.75) is 32.2 Å². The van der Waals surface area contributed by atoms with Gasteiger partial charge in [0.25, 0.3) is 0 Å². The van der Waals surface area contributed by atoms with Crippen LogP contribution < -0.4 is 5.32 Å². The molecule has 0 saturated heterocycles. The molecule has 0 aliphatic carbocycles. The second-order valence-corrected chi connectivity index (χ2v) is 5.31. The molecule has 1 atom stereocenters. The Morgan fingerprint density at radius 1 is 1.21 bits per heavy atom. The number of nitrogens with zero attached hydrogens (tertiary/aromatic N) is 1. The van der Waals surface area contributed by atoms with E-state index in [1.54, 1.807) is 6.20 Å². The first-order chi connectivity index (χ1) is 9.31. The zero-order valence-electron chi connectivity index (χ0n) is 11.0. The van der Waals surface area contributed by atoms with E-state index in [4.69, 9.17) is 11.6 Å². The van der Waals surface area contributed by atoms with Crippen molar-refractivity contribution >= 4 is 17.3 Å². The van der Waals surface area contributed by atoms with Crippen LogP contribution >= 0.6 is 11.6 Å². The summed E-state index contributed by atoms with van der Waals surface area (Å²) in [7, 11) is 0. The smallest absolute Gasteiger partial charge is 0.134 e. The van der Waals surface area contributed by atoms with Gasteiger partial charge in [-0.2, -0.15) is 0 Å². The first kappa shape index (κ1) is 12.5. The fourth-order valence-corrected chi connectivity index (χ4v) is 3.03. The summed E-state index contributed by atoms with van der Waals surface area (Å²) >= 11 is 6.33. The van der Waals surface area contributed by atoms with Gasteiger partial charge in [0.2, 0.25) is 0 Å². The van der Waals surface area contributed by atoms with Crippen molar-refractivity contribution in [2.75, 3.05) is 5.32 Å². The molecule has 0 radical (unpaired) electrons. The zero-order chi connectivity index (χ0) is 13.2. The number of halogens is 1. The Kier molecular flexibility index (Phi) is 3.43. The predicted octanol–water partition coefficient (Wildman–Crippen LogP) is 5.06. The van der Waals surface area contributed by atoms with Crippen LogP contribution in [0, 0.1) is 0 Å². The number of aromatic nitrogens is 1. The average molecular weight is 273 g/mol. The molecule has 1 N–H and O–H groups in total. The Labute approximate surface area is 118 Å². The molecule has 3 heteroatoms. The number of fused-ring (bicyclic) bond motifs is 3. The van der Waals surface area contributed by atoms with Crippen LogP contribution in [0.3, 0.4) is 0 Å². The maximum absolute atomic E-state index is 6.33. The van der Waals surface area contributed by atoms with Crippen molar-refractivity contribution in [3.63, 3.8) is 0 Å². The summed E-state index contributed by atoms with van der Waals surface area (Å²) in [5.74, 6) is 0. The summed E-state index contributed by atoms with van der Waals surface area (Å²) in [5, 5.41) is 4.23. The number of nitrogens with one attached hydrogen (secondary N) is 1. The lowest BCUT2D eigenvalue weighted by atomic mass is 9.89. The van der Waals surface area contributed by atoms with E-state index in [-0.39, 0.29) is 6.04 Å². The minimum absolute atomic E-state index is 0.269. The highest BCUT2D eigenvalue weighted by Gasteiger charge is 2.25. The summed E-state index contributed by atoms with van der Waals surface area (Å²) in [6, 6.07) is 10.7. The highest BCUT2D eigenvalue weighted by atomic mass is 35.5. The van der Waals surface area contributed by atoms with Crippen LogP contribution in [-0.2, 0) is 0 Å². The molecule has 1 aliphatic rings. The summed E-state index contributed by atoms with van der Waals surface area (Å²) in [5.41, 5.74) is 4.78. The fourth-order valence-electron chi connectivity index (χ4n) is 2.74. The normalized spacial score (nSPS) is 16.4. The number of hydrogen-bond acceptors (Lipinski definition) is 2. The summed E-state index contributed by atoms with van der Waals surface area (Å²) < 4.78 is 0. The predicted molar refractivity (Wildman–Crippen MR) is 80.6 cm³/mol. The molecule has 2 nitrogen and oxygen atoms in total. The zero-order valence-corrected chi connectivity index (χ0v) is 11.7. The molecular formula is C16H17ClN2. The minimum Gasteiger partial charge on any atom is -0.378 e. The highest BCUT2D eigenvalue weighted by molar-refractivity contribution is 6.30. The van der Waals surface area contributed by atoms with Crippen molar-refractivity contribution < 1.29 is 0 Å². The first-order valence-electron chi connectivity index (χ1n) is 6.81. The number of para-hydroxylation sites is 1. The van der Waals surface area contributed by atoms with Crippen molar-refractivity contribution in [3.8, 4) is 11.1 Å². The Balaban J connectivity index is 2.11. The van der Waals surface area contributed by atoms with Crippen molar-refractivity contribution in [1.82, 2.24) is 4.98 Å². The Morgan fingerprint density at radius 3 is 2.89 bits per heavy atom. The van der Waals surface area contributed by atoms with E-state index in [0.717, 1.165) is 12.0 Å². The summed E-state index contributed by atoms with van der Waals surface area (Å²) in [4.78, 5) is 4.25. The van der Waals surface area contributed by atoms with Crippen LogP contribution in [0.15, 0.2) is 36.5 Å². The maximum atomic E-state index is 6.33. The molecule has 2 aromatic rings. The molecule has 1 aromatic heterocycles. The molecule has 0 amide bonds. The fraction of sp³-hybridized carbons (Fsp3) is 0.312. The second kappa shape index (κ2) is 5.22. The maximum Gasteiger partial charge on any atom is 0.134 e. The highest BCUT2D eigenvalue weighted by Crippen LogP contribution is 2.44. The number of anilines is 1. The first-order valence-corrected chi connectivity index (χ1v) is 7.19. The Bertz CT molecular complexity index is 595. The van der Waals surface area contributed by atoms with Gasteiger partial charge in [-0.3, -0.25) is 0 Å². The summed E-state index contributed by atoms with van der Waals surface area (Å²) in [6.07, 6.45) is 5.25. The standard InChI is InChI=1S/C16H17ClN2/c1-2-3-7-14-15-12(9-10-18-16(15)17)11-6-4-5-8-13(11)19-14/h4-6,8-10,14,19H,2-3,7H2,1H3. The average Bonchev–Trinajstić information content (AvgIpc) is 2.45. The second-order valence-electron chi connectivity index (χ2n) is 4.95. The van der Waals surface area contributed by atoms with Crippen LogP contribution in [-0.4, -0.2) is 4.98 Å². The number of pyridine rings is 1. The molecular weight excluding hydrogens is 256 g/mol. The van der Waals surface area contributed by atoms with Crippen molar-refractivity contribution in [1.29, 1.82) is 0 Å². The van der Waals surface area contributed by atoms with Gasteiger partial charge < -0.3 is 5.32 Å². The van der Waals surface area contributed by atoms with Gasteiger partial charge in [-0.15, -0.1) is 0 Å². The number of unbranched alkanes of at least 4 members (excludes halogenated alkanes) is 1. The monoisotopic (exact) mass is 272 g/mol. The minimum atomic E-state index is 0.269. The van der Waals surface area contributed by atoms with E-state index in [1.807, 2.05) is 0 Å². The lowest BCUT2D eigenvalue weighted by Crippen LogP contribution is -2.17. The molecule has 3 rings (SSSR count). The third-order valence-corrected chi connectivity index (χ3v) is 3.98. The van der Waals surface area contributed by atoms with Gasteiger partial charge in [0, 0.05) is 23.0 Å². The van der Waals surface area contributed by atoms with E-state index in [9.17, 15) is 0 Å². The quantitative estimate of drug-likeness (QED) is 0.790. The van der Waals surface area contributed by atoms with Crippen molar-refractivity contribution in [2.24, 2.45) is 0 Å². The molecule has 19 heavy (non-hydrogen) atoms. The summed E-state index contributed by atoms with van der Waals surface area (Å²) in [6.45, 7) is 2.21. The van der Waals surface area contributed by atoms with Crippen LogP contribution in [0.25, 0.3) is 11.1 Å². The molecule has 0 saturated carbocycles. The number of rotatable bonds is 3. The molecule has 1 aromatic carbocycles. The molecule has 2 heterocycles.